The molecule has 0 aliphatic heterocycles. The van der Waals surface area contributed by atoms with E-state index in [1.54, 1.807) is 12.1 Å². The van der Waals surface area contributed by atoms with Crippen molar-refractivity contribution >= 4 is 42.2 Å². The van der Waals surface area contributed by atoms with Crippen LogP contribution in [0.3, 0.4) is 0 Å². The molecule has 0 bridgehead atoms. The van der Waals surface area contributed by atoms with Gasteiger partial charge in [-0.3, -0.25) is 23.2 Å². The molecule has 0 atom stereocenters. The van der Waals surface area contributed by atoms with Gasteiger partial charge in [-0.1, -0.05) is 17.7 Å². The monoisotopic (exact) mass is 710 g/mol. The van der Waals surface area contributed by atoms with E-state index in [9.17, 15) is 34.8 Å². The van der Waals surface area contributed by atoms with Crippen LogP contribution in [0.1, 0.15) is 52.0 Å². The number of hydrogen-bond donors (Lipinski definition) is 5. The van der Waals surface area contributed by atoms with Crippen molar-refractivity contribution in [3.05, 3.63) is 53.1 Å². The fraction of sp³-hybridized carbons (Fsp3) is 0.481. The van der Waals surface area contributed by atoms with E-state index in [2.05, 4.69) is 10.6 Å². The highest BCUT2D eigenvalue weighted by molar-refractivity contribution is 7.86. The fourth-order valence-electron chi connectivity index (χ4n) is 3.73. The second kappa shape index (κ2) is 18.0. The molecule has 0 aliphatic rings. The van der Waals surface area contributed by atoms with Crippen LogP contribution in [0.25, 0.3) is 0 Å². The third-order valence-electron chi connectivity index (χ3n) is 5.92. The molecule has 0 saturated heterocycles. The number of rotatable bonds is 21. The highest BCUT2D eigenvalue weighted by atomic mass is 32.2. The van der Waals surface area contributed by atoms with Gasteiger partial charge >= 0.3 is 0 Å². The predicted octanol–water partition coefficient (Wildman–Crippen LogP) is 1.52. The Balaban J connectivity index is 2.19. The molecular formula is C27H38N2O14S3. The molecule has 19 heteroatoms. The number of hydrogen-bond acceptors (Lipinski definition) is 11. The summed E-state index contributed by atoms with van der Waals surface area (Å²) in [5.74, 6) is -3.14. The van der Waals surface area contributed by atoms with Crippen molar-refractivity contribution in [1.82, 2.24) is 10.6 Å². The largest absolute Gasteiger partial charge is 0.489 e. The summed E-state index contributed by atoms with van der Waals surface area (Å²) in [6.07, 6.45) is -0.102. The lowest BCUT2D eigenvalue weighted by Crippen LogP contribution is -2.30. The van der Waals surface area contributed by atoms with Gasteiger partial charge in [-0.2, -0.15) is 25.3 Å². The molecule has 2 amide bonds. The molecule has 5 N–H and O–H groups in total. The molecule has 0 radical (unpaired) electrons. The Morgan fingerprint density at radius 2 is 1.00 bits per heavy atom. The maximum atomic E-state index is 13.0. The van der Waals surface area contributed by atoms with Crippen LogP contribution in [-0.2, 0) is 30.4 Å². The highest BCUT2D eigenvalue weighted by Gasteiger charge is 2.20. The van der Waals surface area contributed by atoms with E-state index in [-0.39, 0.29) is 80.9 Å². The van der Waals surface area contributed by atoms with Crippen molar-refractivity contribution in [1.29, 1.82) is 0 Å². The Hall–Kier alpha value is -3.49. The summed E-state index contributed by atoms with van der Waals surface area (Å²) in [5.41, 5.74) is 1.49. The minimum absolute atomic E-state index is 0.0106. The van der Waals surface area contributed by atoms with Crippen molar-refractivity contribution in [2.75, 3.05) is 50.2 Å². The molecule has 2 rings (SSSR count). The first-order valence-corrected chi connectivity index (χ1v) is 18.8. The lowest BCUT2D eigenvalue weighted by molar-refractivity contribution is 0.0950. The molecule has 0 unspecified atom stereocenters. The Labute approximate surface area is 268 Å². The molecule has 46 heavy (non-hydrogen) atoms. The Morgan fingerprint density at radius 1 is 0.609 bits per heavy atom. The normalized spacial score (nSPS) is 11.9. The standard InChI is InChI=1S/C27H38N2O14S3/c1-20-6-8-21(9-7-20)26(30)28-10-2-11-29-27(31)22-18-23(41-12-3-15-44(32,33)34)25(43-14-5-17-46(38,39)40)24(19-22)42-13-4-16-45(35,36)37/h6-9,18-19H,2-5,10-17H2,1H3,(H,28,30)(H,29,31)(H,32,33,34)(H,35,36,37)(H,38,39,40). The van der Waals surface area contributed by atoms with Crippen molar-refractivity contribution in [3.8, 4) is 17.2 Å². The van der Waals surface area contributed by atoms with Crippen LogP contribution in [-0.4, -0.2) is 101 Å². The molecule has 0 aliphatic carbocycles. The SMILES string of the molecule is Cc1ccc(C(=O)NCCCNC(=O)c2cc(OCCCS(=O)(=O)O)c(OCCCS(=O)(=O)O)c(OCCCS(=O)(=O)O)c2)cc1. The number of amides is 2. The summed E-state index contributed by atoms with van der Waals surface area (Å²) < 4.78 is 110. The number of carbonyl (C=O) groups is 2. The molecular weight excluding hydrogens is 672 g/mol. The second-order valence-corrected chi connectivity index (χ2v) is 14.7. The topological polar surface area (TPSA) is 249 Å². The van der Waals surface area contributed by atoms with Gasteiger partial charge in [-0.15, -0.1) is 0 Å². The molecule has 0 spiro atoms. The zero-order chi connectivity index (χ0) is 34.4. The number of benzene rings is 2. The van der Waals surface area contributed by atoms with Crippen LogP contribution in [0.15, 0.2) is 36.4 Å². The van der Waals surface area contributed by atoms with Crippen molar-refractivity contribution in [2.24, 2.45) is 0 Å². The van der Waals surface area contributed by atoms with E-state index in [0.717, 1.165) is 5.56 Å². The summed E-state index contributed by atoms with van der Waals surface area (Å²) in [6, 6.07) is 9.52. The van der Waals surface area contributed by atoms with Crippen LogP contribution in [0, 0.1) is 6.92 Å². The van der Waals surface area contributed by atoms with E-state index in [1.165, 1.54) is 12.1 Å². The summed E-state index contributed by atoms with van der Waals surface area (Å²) >= 11 is 0. The summed E-state index contributed by atoms with van der Waals surface area (Å²) in [7, 11) is -12.9. The second-order valence-electron chi connectivity index (χ2n) is 10.00. The predicted molar refractivity (Wildman–Crippen MR) is 166 cm³/mol. The Morgan fingerprint density at radius 3 is 1.41 bits per heavy atom. The molecule has 2 aromatic carbocycles. The molecule has 2 aromatic rings. The minimum atomic E-state index is -4.29. The molecule has 0 aromatic heterocycles. The first kappa shape index (κ1) is 38.7. The highest BCUT2D eigenvalue weighted by Crippen LogP contribution is 2.39. The lowest BCUT2D eigenvalue weighted by atomic mass is 10.1. The van der Waals surface area contributed by atoms with Gasteiger partial charge in [0.05, 0.1) is 37.1 Å². The summed E-state index contributed by atoms with van der Waals surface area (Å²) in [4.78, 5) is 25.3. The van der Waals surface area contributed by atoms with Gasteiger partial charge in [-0.05, 0) is 56.9 Å². The minimum Gasteiger partial charge on any atom is -0.489 e. The third-order valence-corrected chi connectivity index (χ3v) is 8.34. The third kappa shape index (κ3) is 16.2. The zero-order valence-corrected chi connectivity index (χ0v) is 27.5. The van der Waals surface area contributed by atoms with Crippen LogP contribution < -0.4 is 24.8 Å². The van der Waals surface area contributed by atoms with E-state index in [0.29, 0.717) is 12.0 Å². The molecule has 258 valence electrons. The van der Waals surface area contributed by atoms with Gasteiger partial charge in [0, 0.05) is 24.2 Å². The van der Waals surface area contributed by atoms with Crippen molar-refractivity contribution < 1.29 is 62.7 Å². The maximum absolute atomic E-state index is 13.0. The van der Waals surface area contributed by atoms with E-state index in [4.69, 9.17) is 27.9 Å². The average molecular weight is 711 g/mol. The van der Waals surface area contributed by atoms with Gasteiger partial charge in [-0.25, -0.2) is 0 Å². The van der Waals surface area contributed by atoms with E-state index < -0.39 is 53.5 Å². The van der Waals surface area contributed by atoms with Gasteiger partial charge < -0.3 is 24.8 Å². The lowest BCUT2D eigenvalue weighted by Gasteiger charge is -2.19. The number of nitrogens with one attached hydrogen (secondary N) is 2. The van der Waals surface area contributed by atoms with Gasteiger partial charge in [0.15, 0.2) is 11.5 Å². The fourth-order valence-corrected chi connectivity index (χ4v) is 5.18. The smallest absolute Gasteiger partial charge is 0.264 e. The van der Waals surface area contributed by atoms with E-state index in [1.807, 2.05) is 19.1 Å². The van der Waals surface area contributed by atoms with Crippen molar-refractivity contribution in [3.63, 3.8) is 0 Å². The summed E-state index contributed by atoms with van der Waals surface area (Å²) in [6.45, 7) is 1.49. The summed E-state index contributed by atoms with van der Waals surface area (Å²) in [5, 5.41) is 5.42. The quantitative estimate of drug-likeness (QED) is 0.0910. The molecule has 0 saturated carbocycles. The Bertz CT molecular complexity index is 1580. The van der Waals surface area contributed by atoms with Gasteiger partial charge in [0.2, 0.25) is 5.75 Å². The molecule has 16 nitrogen and oxygen atoms in total. The van der Waals surface area contributed by atoms with E-state index >= 15 is 0 Å². The average Bonchev–Trinajstić information content (AvgIpc) is 2.94. The van der Waals surface area contributed by atoms with Gasteiger partial charge in [0.25, 0.3) is 42.2 Å². The first-order valence-electron chi connectivity index (χ1n) is 14.0. The Kier molecular flexibility index (Phi) is 15.1. The van der Waals surface area contributed by atoms with Crippen molar-refractivity contribution in [2.45, 2.75) is 32.6 Å². The van der Waals surface area contributed by atoms with Gasteiger partial charge in [0.1, 0.15) is 0 Å². The first-order chi connectivity index (χ1) is 21.4. The number of ether oxygens (including phenoxy) is 3. The van der Waals surface area contributed by atoms with Crippen LogP contribution in [0.4, 0.5) is 0 Å². The number of aryl methyl sites for hydroxylation is 1. The van der Waals surface area contributed by atoms with Crippen LogP contribution in [0.2, 0.25) is 0 Å². The number of carbonyl (C=O) groups excluding carboxylic acids is 2. The molecule has 0 heterocycles. The van der Waals surface area contributed by atoms with Crippen LogP contribution in [0.5, 0.6) is 17.2 Å². The zero-order valence-electron chi connectivity index (χ0n) is 25.0. The molecule has 0 fully saturated rings. The maximum Gasteiger partial charge on any atom is 0.264 e. The van der Waals surface area contributed by atoms with Crippen LogP contribution >= 0.6 is 0 Å².